The number of hydrogen-bond donors (Lipinski definition) is 3. The highest BCUT2D eigenvalue weighted by Gasteiger charge is 2.19. The van der Waals surface area contributed by atoms with Crippen molar-refractivity contribution in [3.63, 3.8) is 0 Å². The smallest absolute Gasteiger partial charge is 0.259 e. The Balaban J connectivity index is 1.77. The maximum Gasteiger partial charge on any atom is 0.259 e. The number of benzene rings is 4. The monoisotopic (exact) mass is 510 g/mol. The van der Waals surface area contributed by atoms with Crippen molar-refractivity contribution >= 4 is 39.6 Å². The van der Waals surface area contributed by atoms with E-state index in [1.807, 2.05) is 57.2 Å². The van der Waals surface area contributed by atoms with Crippen LogP contribution in [0.4, 0.5) is 17.1 Å². The molecule has 0 atom stereocenters. The van der Waals surface area contributed by atoms with Gasteiger partial charge in [0, 0.05) is 23.2 Å². The van der Waals surface area contributed by atoms with Gasteiger partial charge in [0.1, 0.15) is 17.1 Å². The first-order valence-corrected chi connectivity index (χ1v) is 12.5. The van der Waals surface area contributed by atoms with Gasteiger partial charge in [0.15, 0.2) is 5.75 Å². The fraction of sp³-hybridized carbons (Fsp3) is 0.200. The highest BCUT2D eigenvalue weighted by Crippen LogP contribution is 2.40. The number of aryl methyl sites for hydroxylation is 1. The normalized spacial score (nSPS) is 11.0. The van der Waals surface area contributed by atoms with E-state index in [2.05, 4.69) is 20.9 Å². The van der Waals surface area contributed by atoms with Gasteiger partial charge in [-0.05, 0) is 61.5 Å². The molecule has 8 nitrogen and oxygen atoms in total. The average Bonchev–Trinajstić information content (AvgIpc) is 2.93. The summed E-state index contributed by atoms with van der Waals surface area (Å²) in [6.07, 6.45) is 0.815. The lowest BCUT2D eigenvalue weighted by molar-refractivity contribution is 0.0952. The van der Waals surface area contributed by atoms with Crippen molar-refractivity contribution in [2.24, 2.45) is 10.2 Å². The molecule has 0 unspecified atom stereocenters. The molecule has 4 rings (SSSR count). The number of phenols is 1. The van der Waals surface area contributed by atoms with Gasteiger partial charge in [-0.25, -0.2) is 0 Å². The molecule has 3 N–H and O–H groups in total. The van der Waals surface area contributed by atoms with Crippen molar-refractivity contribution in [3.8, 4) is 11.5 Å². The molecule has 0 aliphatic rings. The highest BCUT2D eigenvalue weighted by molar-refractivity contribution is 6.12. The molecule has 0 aromatic heterocycles. The molecule has 0 saturated carbocycles. The van der Waals surface area contributed by atoms with Crippen LogP contribution in [0, 0.1) is 6.92 Å². The van der Waals surface area contributed by atoms with Crippen LogP contribution in [0.2, 0.25) is 0 Å². The predicted molar refractivity (Wildman–Crippen MR) is 149 cm³/mol. The molecule has 0 fully saturated rings. The Morgan fingerprint density at radius 1 is 0.921 bits per heavy atom. The van der Waals surface area contributed by atoms with Crippen LogP contribution in [-0.2, 0) is 0 Å². The second-order valence-corrected chi connectivity index (χ2v) is 8.68. The number of ether oxygens (including phenoxy) is 1. The summed E-state index contributed by atoms with van der Waals surface area (Å²) in [5.74, 6) is -0.549. The summed E-state index contributed by atoms with van der Waals surface area (Å²) in [6.45, 7) is 6.66. The number of phenolic OH excluding ortho intramolecular Hbond substituents is 1. The zero-order valence-electron chi connectivity index (χ0n) is 21.6. The maximum atomic E-state index is 13.2. The SMILES string of the molecule is CCCNC(=O)c1ccc(OCC)c(N=Nc2c(O)c(C(=O)Nc3ccccc3C)cc3ccccc23)c1. The Bertz CT molecular complexity index is 1510. The molecule has 0 aliphatic carbocycles. The van der Waals surface area contributed by atoms with Gasteiger partial charge in [0.2, 0.25) is 0 Å². The minimum Gasteiger partial charge on any atom is -0.505 e. The number of carbonyl (C=O) groups excluding carboxylic acids is 2. The standard InChI is InChI=1S/C30H30N4O4/c1-4-16-31-29(36)21-14-15-26(38-5-2)25(18-21)33-34-27-22-12-8-7-11-20(22)17-23(28(27)35)30(37)32-24-13-9-6-10-19(24)3/h6-15,17-18,35H,4-5,16H2,1-3H3,(H,31,36)(H,32,37). The first-order valence-electron chi connectivity index (χ1n) is 12.5. The molecule has 2 amide bonds. The third-order valence-corrected chi connectivity index (χ3v) is 5.95. The lowest BCUT2D eigenvalue weighted by Gasteiger charge is -2.13. The Hall–Kier alpha value is -4.72. The van der Waals surface area contributed by atoms with E-state index in [-0.39, 0.29) is 22.9 Å². The quantitative estimate of drug-likeness (QED) is 0.209. The minimum absolute atomic E-state index is 0.0682. The zero-order chi connectivity index (χ0) is 27.1. The minimum atomic E-state index is -0.469. The molecule has 8 heteroatoms. The largest absolute Gasteiger partial charge is 0.505 e. The number of carbonyl (C=O) groups is 2. The molecule has 0 bridgehead atoms. The second kappa shape index (κ2) is 12.0. The van der Waals surface area contributed by atoms with Gasteiger partial charge < -0.3 is 20.5 Å². The topological polar surface area (TPSA) is 112 Å². The Morgan fingerprint density at radius 3 is 2.45 bits per heavy atom. The number of fused-ring (bicyclic) bond motifs is 1. The molecule has 4 aromatic rings. The maximum absolute atomic E-state index is 13.2. The number of anilines is 1. The number of aromatic hydroxyl groups is 1. The van der Waals surface area contributed by atoms with E-state index in [0.717, 1.165) is 12.0 Å². The van der Waals surface area contributed by atoms with Crippen molar-refractivity contribution < 1.29 is 19.4 Å². The number of rotatable bonds is 9. The summed E-state index contributed by atoms with van der Waals surface area (Å²) in [7, 11) is 0. The number of amides is 2. The van der Waals surface area contributed by atoms with Crippen LogP contribution >= 0.6 is 0 Å². The van der Waals surface area contributed by atoms with E-state index in [9.17, 15) is 14.7 Å². The van der Waals surface area contributed by atoms with Gasteiger partial charge in [-0.3, -0.25) is 9.59 Å². The second-order valence-electron chi connectivity index (χ2n) is 8.68. The van der Waals surface area contributed by atoms with Crippen molar-refractivity contribution in [3.05, 3.63) is 89.5 Å². The highest BCUT2D eigenvalue weighted by atomic mass is 16.5. The van der Waals surface area contributed by atoms with Crippen LogP contribution in [-0.4, -0.2) is 30.1 Å². The van der Waals surface area contributed by atoms with Crippen LogP contribution in [0.1, 0.15) is 46.5 Å². The Kier molecular flexibility index (Phi) is 8.33. The fourth-order valence-electron chi connectivity index (χ4n) is 3.95. The summed E-state index contributed by atoms with van der Waals surface area (Å²) >= 11 is 0. The van der Waals surface area contributed by atoms with Gasteiger partial charge in [0.05, 0.1) is 12.2 Å². The lowest BCUT2D eigenvalue weighted by Crippen LogP contribution is -2.23. The number of para-hydroxylation sites is 1. The zero-order valence-corrected chi connectivity index (χ0v) is 21.6. The van der Waals surface area contributed by atoms with E-state index in [4.69, 9.17) is 4.74 Å². The molecule has 38 heavy (non-hydrogen) atoms. The van der Waals surface area contributed by atoms with Gasteiger partial charge in [-0.15, -0.1) is 10.2 Å². The van der Waals surface area contributed by atoms with Gasteiger partial charge >= 0.3 is 0 Å². The molecule has 194 valence electrons. The van der Waals surface area contributed by atoms with Gasteiger partial charge in [0.25, 0.3) is 11.8 Å². The third-order valence-electron chi connectivity index (χ3n) is 5.95. The number of hydrogen-bond acceptors (Lipinski definition) is 6. The van der Waals surface area contributed by atoms with Crippen LogP contribution in [0.3, 0.4) is 0 Å². The molecular weight excluding hydrogens is 480 g/mol. The molecule has 0 heterocycles. The van der Waals surface area contributed by atoms with Crippen LogP contribution in [0.25, 0.3) is 10.8 Å². The van der Waals surface area contributed by atoms with E-state index >= 15 is 0 Å². The van der Waals surface area contributed by atoms with Crippen LogP contribution in [0.15, 0.2) is 83.0 Å². The molecule has 0 saturated heterocycles. The summed E-state index contributed by atoms with van der Waals surface area (Å²) in [5, 5.41) is 26.9. The molecular formula is C30H30N4O4. The first-order chi connectivity index (χ1) is 18.4. The average molecular weight is 511 g/mol. The van der Waals surface area contributed by atoms with Crippen molar-refractivity contribution in [1.29, 1.82) is 0 Å². The van der Waals surface area contributed by atoms with Gasteiger partial charge in [-0.1, -0.05) is 49.4 Å². The van der Waals surface area contributed by atoms with E-state index in [1.54, 1.807) is 36.4 Å². The third kappa shape index (κ3) is 5.81. The number of azo groups is 1. The summed E-state index contributed by atoms with van der Waals surface area (Å²) in [4.78, 5) is 25.7. The number of nitrogens with one attached hydrogen (secondary N) is 2. The van der Waals surface area contributed by atoms with E-state index in [0.29, 0.717) is 46.6 Å². The molecule has 0 radical (unpaired) electrons. The molecule has 0 aliphatic heterocycles. The van der Waals surface area contributed by atoms with Crippen LogP contribution < -0.4 is 15.4 Å². The van der Waals surface area contributed by atoms with Crippen molar-refractivity contribution in [1.82, 2.24) is 5.32 Å². The number of nitrogens with zero attached hydrogens (tertiary/aromatic N) is 2. The summed E-state index contributed by atoms with van der Waals surface area (Å²) in [6, 6.07) is 21.2. The Morgan fingerprint density at radius 2 is 1.68 bits per heavy atom. The summed E-state index contributed by atoms with van der Waals surface area (Å²) < 4.78 is 5.69. The van der Waals surface area contributed by atoms with E-state index in [1.165, 1.54) is 0 Å². The predicted octanol–water partition coefficient (Wildman–Crippen LogP) is 7.06. The molecule has 0 spiro atoms. The van der Waals surface area contributed by atoms with E-state index < -0.39 is 5.91 Å². The molecule has 4 aromatic carbocycles. The fourth-order valence-corrected chi connectivity index (χ4v) is 3.95. The van der Waals surface area contributed by atoms with Crippen molar-refractivity contribution in [2.75, 3.05) is 18.5 Å². The first kappa shape index (κ1) is 26.3. The lowest BCUT2D eigenvalue weighted by atomic mass is 10.0. The summed E-state index contributed by atoms with van der Waals surface area (Å²) in [5.41, 5.74) is 2.49. The van der Waals surface area contributed by atoms with Crippen molar-refractivity contribution in [2.45, 2.75) is 27.2 Å². The Labute approximate surface area is 221 Å². The van der Waals surface area contributed by atoms with Gasteiger partial charge in [-0.2, -0.15) is 0 Å². The van der Waals surface area contributed by atoms with Crippen LogP contribution in [0.5, 0.6) is 11.5 Å².